The number of benzene rings is 1. The highest BCUT2D eigenvalue weighted by Gasteiger charge is 2.33. The van der Waals surface area contributed by atoms with Gasteiger partial charge in [-0.3, -0.25) is 4.79 Å². The highest BCUT2D eigenvalue weighted by atomic mass is 19.2. The van der Waals surface area contributed by atoms with Crippen LogP contribution in [0.3, 0.4) is 0 Å². The smallest absolute Gasteiger partial charge is 0.246 e. The van der Waals surface area contributed by atoms with E-state index in [4.69, 9.17) is 5.73 Å². The van der Waals surface area contributed by atoms with Crippen molar-refractivity contribution in [1.82, 2.24) is 0 Å². The van der Waals surface area contributed by atoms with Crippen molar-refractivity contribution in [3.05, 3.63) is 29.1 Å². The second kappa shape index (κ2) is 2.71. The van der Waals surface area contributed by atoms with Gasteiger partial charge in [-0.1, -0.05) is 0 Å². The summed E-state index contributed by atoms with van der Waals surface area (Å²) in [4.78, 5) is 11.0. The molecular weight excluding hydrogens is 197 g/mol. The molecule has 0 spiro atoms. The van der Waals surface area contributed by atoms with E-state index in [1.165, 1.54) is 0 Å². The zero-order valence-corrected chi connectivity index (χ0v) is 6.77. The Labute approximate surface area is 76.7 Å². The number of fused-ring (bicyclic) bond motifs is 1. The number of hydrogen-bond acceptors (Lipinski definition) is 2. The van der Waals surface area contributed by atoms with Crippen LogP contribution in [0.15, 0.2) is 6.07 Å². The van der Waals surface area contributed by atoms with Crippen molar-refractivity contribution in [1.29, 1.82) is 0 Å². The summed E-state index contributed by atoms with van der Waals surface area (Å²) in [5.74, 6) is -5.05. The van der Waals surface area contributed by atoms with E-state index < -0.39 is 29.4 Å². The lowest BCUT2D eigenvalue weighted by Gasteiger charge is -2.04. The van der Waals surface area contributed by atoms with Crippen molar-refractivity contribution < 1.29 is 18.0 Å². The van der Waals surface area contributed by atoms with Crippen LogP contribution in [0.5, 0.6) is 0 Å². The van der Waals surface area contributed by atoms with Crippen LogP contribution in [0.4, 0.5) is 18.9 Å². The molecule has 1 heterocycles. The number of nitrogens with two attached hydrogens (primary N) is 1. The molecule has 0 bridgehead atoms. The maximum atomic E-state index is 13.1. The number of carbonyl (C=O) groups is 1. The van der Waals surface area contributed by atoms with Crippen LogP contribution in [-0.2, 0) is 4.79 Å². The SMILES string of the molecule is NC1C(=O)Nc2cc(F)c(F)c(F)c21. The first-order chi connectivity index (χ1) is 6.52. The van der Waals surface area contributed by atoms with Crippen molar-refractivity contribution in [2.45, 2.75) is 6.04 Å². The molecule has 1 aromatic rings. The maximum absolute atomic E-state index is 13.1. The molecule has 74 valence electrons. The summed E-state index contributed by atoms with van der Waals surface area (Å²) in [6, 6.07) is -0.571. The lowest BCUT2D eigenvalue weighted by atomic mass is 10.1. The Bertz CT molecular complexity index is 433. The number of nitrogens with one attached hydrogen (secondary N) is 1. The average Bonchev–Trinajstić information content (AvgIpc) is 2.39. The summed E-state index contributed by atoms with van der Waals surface area (Å²) in [7, 11) is 0. The molecule has 1 amide bonds. The van der Waals surface area contributed by atoms with Crippen LogP contribution in [0.25, 0.3) is 0 Å². The van der Waals surface area contributed by atoms with Crippen molar-refractivity contribution >= 4 is 11.6 Å². The van der Waals surface area contributed by atoms with Crippen molar-refractivity contribution in [3.8, 4) is 0 Å². The Kier molecular flexibility index (Phi) is 1.75. The molecule has 1 atom stereocenters. The summed E-state index contributed by atoms with van der Waals surface area (Å²) in [6.07, 6.45) is 0. The van der Waals surface area contributed by atoms with Crippen LogP contribution in [0.1, 0.15) is 11.6 Å². The first-order valence-corrected chi connectivity index (χ1v) is 3.76. The molecule has 1 unspecified atom stereocenters. The van der Waals surface area contributed by atoms with E-state index >= 15 is 0 Å². The summed E-state index contributed by atoms with van der Waals surface area (Å²) >= 11 is 0. The van der Waals surface area contributed by atoms with Gasteiger partial charge in [0.25, 0.3) is 0 Å². The number of hydrogen-bond donors (Lipinski definition) is 2. The predicted molar refractivity (Wildman–Crippen MR) is 41.9 cm³/mol. The topological polar surface area (TPSA) is 55.1 Å². The van der Waals surface area contributed by atoms with E-state index in [0.29, 0.717) is 6.07 Å². The quantitative estimate of drug-likeness (QED) is 0.618. The van der Waals surface area contributed by atoms with E-state index in [1.54, 1.807) is 0 Å². The molecular formula is C8H5F3N2O. The molecule has 1 aromatic carbocycles. The van der Waals surface area contributed by atoms with E-state index in [1.807, 2.05) is 0 Å². The monoisotopic (exact) mass is 202 g/mol. The molecule has 0 saturated carbocycles. The molecule has 3 nitrogen and oxygen atoms in total. The minimum atomic E-state index is -1.62. The van der Waals surface area contributed by atoms with Crippen molar-refractivity contribution in [2.75, 3.05) is 5.32 Å². The zero-order chi connectivity index (χ0) is 10.5. The van der Waals surface area contributed by atoms with Gasteiger partial charge in [0.05, 0.1) is 5.69 Å². The highest BCUT2D eigenvalue weighted by molar-refractivity contribution is 6.02. The molecule has 14 heavy (non-hydrogen) atoms. The second-order valence-corrected chi connectivity index (χ2v) is 2.91. The van der Waals surface area contributed by atoms with E-state index in [0.717, 1.165) is 0 Å². The fourth-order valence-corrected chi connectivity index (χ4v) is 1.36. The molecule has 2 rings (SSSR count). The lowest BCUT2D eigenvalue weighted by Crippen LogP contribution is -2.20. The minimum absolute atomic E-state index is 0.112. The first-order valence-electron chi connectivity index (χ1n) is 3.76. The van der Waals surface area contributed by atoms with Crippen LogP contribution >= 0.6 is 0 Å². The number of anilines is 1. The number of carbonyl (C=O) groups excluding carboxylic acids is 1. The van der Waals surface area contributed by atoms with Gasteiger partial charge in [-0.05, 0) is 0 Å². The third-order valence-corrected chi connectivity index (χ3v) is 2.05. The van der Waals surface area contributed by atoms with Gasteiger partial charge in [0, 0.05) is 11.6 Å². The zero-order valence-electron chi connectivity index (χ0n) is 6.77. The normalized spacial score (nSPS) is 19.4. The molecule has 3 N–H and O–H groups in total. The Morgan fingerprint density at radius 1 is 1.29 bits per heavy atom. The Morgan fingerprint density at radius 3 is 2.57 bits per heavy atom. The summed E-state index contributed by atoms with van der Waals surface area (Å²) in [6.45, 7) is 0. The highest BCUT2D eigenvalue weighted by Crippen LogP contribution is 2.33. The van der Waals surface area contributed by atoms with E-state index in [9.17, 15) is 18.0 Å². The predicted octanol–water partition coefficient (Wildman–Crippen LogP) is 1.06. The fourth-order valence-electron chi connectivity index (χ4n) is 1.36. The summed E-state index contributed by atoms with van der Waals surface area (Å²) in [5.41, 5.74) is 4.83. The van der Waals surface area contributed by atoms with Crippen LogP contribution in [-0.4, -0.2) is 5.91 Å². The van der Waals surface area contributed by atoms with Crippen LogP contribution in [0.2, 0.25) is 0 Å². The third kappa shape index (κ3) is 1.00. The van der Waals surface area contributed by atoms with Crippen molar-refractivity contribution in [3.63, 3.8) is 0 Å². The first kappa shape index (κ1) is 9.01. The molecule has 0 fully saturated rings. The molecule has 0 saturated heterocycles. The van der Waals surface area contributed by atoms with Gasteiger partial charge in [0.15, 0.2) is 17.5 Å². The largest absolute Gasteiger partial charge is 0.324 e. The molecule has 0 radical (unpaired) electrons. The van der Waals surface area contributed by atoms with Gasteiger partial charge in [-0.15, -0.1) is 0 Å². The average molecular weight is 202 g/mol. The van der Waals surface area contributed by atoms with E-state index in [2.05, 4.69) is 5.32 Å². The lowest BCUT2D eigenvalue weighted by molar-refractivity contribution is -0.116. The Morgan fingerprint density at radius 2 is 1.93 bits per heavy atom. The molecule has 0 aliphatic carbocycles. The molecule has 6 heteroatoms. The third-order valence-electron chi connectivity index (χ3n) is 2.05. The van der Waals surface area contributed by atoms with Gasteiger partial charge in [0.2, 0.25) is 5.91 Å². The molecule has 1 aliphatic rings. The summed E-state index contributed by atoms with van der Waals surface area (Å²) in [5, 5.41) is 2.15. The minimum Gasteiger partial charge on any atom is -0.324 e. The second-order valence-electron chi connectivity index (χ2n) is 2.91. The van der Waals surface area contributed by atoms with Gasteiger partial charge in [-0.25, -0.2) is 13.2 Å². The standard InChI is InChI=1S/C8H5F3N2O/c9-2-1-3-4(6(11)5(2)10)7(12)8(14)13-3/h1,7H,12H2,(H,13,14). The maximum Gasteiger partial charge on any atom is 0.246 e. The number of amides is 1. The van der Waals surface area contributed by atoms with Gasteiger partial charge in [0.1, 0.15) is 6.04 Å². The van der Waals surface area contributed by atoms with Crippen molar-refractivity contribution in [2.24, 2.45) is 5.73 Å². The van der Waals surface area contributed by atoms with Crippen LogP contribution < -0.4 is 11.1 Å². The summed E-state index contributed by atoms with van der Waals surface area (Å²) < 4.78 is 38.5. The molecule has 1 aliphatic heterocycles. The molecule has 0 aromatic heterocycles. The Hall–Kier alpha value is -1.56. The van der Waals surface area contributed by atoms with Gasteiger partial charge >= 0.3 is 0 Å². The fraction of sp³-hybridized carbons (Fsp3) is 0.125. The number of halogens is 3. The Balaban J connectivity index is 2.70. The van der Waals surface area contributed by atoms with Gasteiger partial charge < -0.3 is 11.1 Å². The van der Waals surface area contributed by atoms with E-state index in [-0.39, 0.29) is 11.3 Å². The van der Waals surface area contributed by atoms with Crippen LogP contribution in [0, 0.1) is 17.5 Å². The van der Waals surface area contributed by atoms with Gasteiger partial charge in [-0.2, -0.15) is 0 Å². The number of rotatable bonds is 0.